The van der Waals surface area contributed by atoms with Crippen LogP contribution in [0.15, 0.2) is 30.3 Å². The maximum absolute atomic E-state index is 10.5. The molecule has 82 valence electrons. The van der Waals surface area contributed by atoms with Crippen LogP contribution in [0.1, 0.15) is 18.5 Å². The van der Waals surface area contributed by atoms with E-state index in [2.05, 4.69) is 5.32 Å². The fourth-order valence-electron chi connectivity index (χ4n) is 1.25. The molecule has 4 heteroatoms. The van der Waals surface area contributed by atoms with E-state index in [0.717, 1.165) is 5.56 Å². The summed E-state index contributed by atoms with van der Waals surface area (Å²) in [6.45, 7) is 2.25. The molecule has 1 aromatic rings. The molecule has 0 unspecified atom stereocenters. The van der Waals surface area contributed by atoms with Gasteiger partial charge < -0.3 is 16.2 Å². The van der Waals surface area contributed by atoms with Crippen molar-refractivity contribution in [2.45, 2.75) is 19.0 Å². The third kappa shape index (κ3) is 3.69. The van der Waals surface area contributed by atoms with Gasteiger partial charge >= 0.3 is 5.97 Å². The van der Waals surface area contributed by atoms with Crippen LogP contribution < -0.4 is 11.1 Å². The van der Waals surface area contributed by atoms with E-state index in [-0.39, 0.29) is 12.6 Å². The lowest BCUT2D eigenvalue weighted by atomic mass is 10.1. The molecule has 0 aliphatic rings. The summed E-state index contributed by atoms with van der Waals surface area (Å²) < 4.78 is 0. The van der Waals surface area contributed by atoms with Gasteiger partial charge in [0, 0.05) is 12.6 Å². The highest BCUT2D eigenvalue weighted by atomic mass is 16.4. The number of hydrogen-bond donors (Lipinski definition) is 3. The fourth-order valence-corrected chi connectivity index (χ4v) is 1.25. The van der Waals surface area contributed by atoms with E-state index in [1.54, 1.807) is 0 Å². The van der Waals surface area contributed by atoms with Gasteiger partial charge in [-0.1, -0.05) is 30.3 Å². The number of nitrogens with two attached hydrogens (primary N) is 1. The van der Waals surface area contributed by atoms with Crippen molar-refractivity contribution in [3.63, 3.8) is 0 Å². The topological polar surface area (TPSA) is 75.3 Å². The number of carboxylic acid groups (broad SMARTS) is 1. The number of nitrogens with one attached hydrogen (secondary N) is 1. The number of rotatable bonds is 5. The van der Waals surface area contributed by atoms with Crippen molar-refractivity contribution in [1.29, 1.82) is 0 Å². The Bertz CT molecular complexity index is 314. The summed E-state index contributed by atoms with van der Waals surface area (Å²) in [5.74, 6) is -0.984. The molecule has 4 nitrogen and oxygen atoms in total. The number of carboxylic acids is 1. The Morgan fingerprint density at radius 1 is 1.47 bits per heavy atom. The first-order valence-corrected chi connectivity index (χ1v) is 4.88. The molecule has 4 N–H and O–H groups in total. The maximum atomic E-state index is 10.5. The van der Waals surface area contributed by atoms with Crippen LogP contribution in [0.25, 0.3) is 0 Å². The van der Waals surface area contributed by atoms with Gasteiger partial charge in [0.15, 0.2) is 0 Å². The Hall–Kier alpha value is -1.39. The van der Waals surface area contributed by atoms with Gasteiger partial charge in [-0.15, -0.1) is 0 Å². The summed E-state index contributed by atoms with van der Waals surface area (Å²) in [5, 5.41) is 11.7. The predicted molar refractivity (Wildman–Crippen MR) is 58.5 cm³/mol. The van der Waals surface area contributed by atoms with E-state index >= 15 is 0 Å². The summed E-state index contributed by atoms with van der Waals surface area (Å²) >= 11 is 0. The highest BCUT2D eigenvalue weighted by Gasteiger charge is 2.12. The smallest absolute Gasteiger partial charge is 0.321 e. The normalized spacial score (nSPS) is 14.5. The summed E-state index contributed by atoms with van der Waals surface area (Å²) in [6.07, 6.45) is 0. The Kier molecular flexibility index (Phi) is 4.27. The molecule has 0 radical (unpaired) electrons. The van der Waals surface area contributed by atoms with E-state index in [1.165, 1.54) is 0 Å². The number of aliphatic carboxylic acids is 1. The molecule has 1 aromatic carbocycles. The quantitative estimate of drug-likeness (QED) is 0.667. The molecule has 0 heterocycles. The van der Waals surface area contributed by atoms with Crippen molar-refractivity contribution in [3.05, 3.63) is 35.9 Å². The lowest BCUT2D eigenvalue weighted by Gasteiger charge is -2.15. The second kappa shape index (κ2) is 5.48. The van der Waals surface area contributed by atoms with Crippen molar-refractivity contribution >= 4 is 5.97 Å². The molecule has 0 aliphatic carbocycles. The van der Waals surface area contributed by atoms with Gasteiger partial charge in [-0.3, -0.25) is 4.79 Å². The van der Waals surface area contributed by atoms with Crippen LogP contribution in [0.3, 0.4) is 0 Å². The van der Waals surface area contributed by atoms with Crippen molar-refractivity contribution in [1.82, 2.24) is 5.32 Å². The average Bonchev–Trinajstić information content (AvgIpc) is 2.26. The molecule has 0 saturated carbocycles. The minimum atomic E-state index is -0.984. The van der Waals surface area contributed by atoms with Crippen molar-refractivity contribution < 1.29 is 9.90 Å². The fraction of sp³-hybridized carbons (Fsp3) is 0.364. The van der Waals surface area contributed by atoms with Gasteiger partial charge in [-0.25, -0.2) is 0 Å². The molecular weight excluding hydrogens is 192 g/mol. The second-order valence-corrected chi connectivity index (χ2v) is 3.49. The summed E-state index contributed by atoms with van der Waals surface area (Å²) in [4.78, 5) is 10.5. The third-order valence-electron chi connectivity index (χ3n) is 2.26. The highest BCUT2D eigenvalue weighted by Crippen LogP contribution is 2.10. The lowest BCUT2D eigenvalue weighted by molar-refractivity contribution is -0.138. The third-order valence-corrected chi connectivity index (χ3v) is 2.26. The Morgan fingerprint density at radius 2 is 2.07 bits per heavy atom. The predicted octanol–water partition coefficient (Wildman–Crippen LogP) is 0.749. The number of benzene rings is 1. The summed E-state index contributed by atoms with van der Waals surface area (Å²) in [6, 6.07) is 9.08. The Labute approximate surface area is 89.1 Å². The molecule has 0 bridgehead atoms. The van der Waals surface area contributed by atoms with E-state index in [4.69, 9.17) is 10.8 Å². The zero-order valence-corrected chi connectivity index (χ0v) is 8.68. The standard InChI is InChI=1S/C11H16N2O2/c1-8(9-5-3-2-4-6-9)13-7-10(12)11(14)15/h2-6,8,10,13H,7,12H2,1H3,(H,14,15)/t8-,10-/m0/s1. The van der Waals surface area contributed by atoms with E-state index < -0.39 is 12.0 Å². The van der Waals surface area contributed by atoms with Crippen molar-refractivity contribution in [2.24, 2.45) is 5.73 Å². The molecule has 0 aliphatic heterocycles. The van der Waals surface area contributed by atoms with Crippen LogP contribution in [0.5, 0.6) is 0 Å². The van der Waals surface area contributed by atoms with E-state index in [0.29, 0.717) is 0 Å². The van der Waals surface area contributed by atoms with Gasteiger partial charge in [0.2, 0.25) is 0 Å². The van der Waals surface area contributed by atoms with Gasteiger partial charge in [-0.05, 0) is 12.5 Å². The van der Waals surface area contributed by atoms with Gasteiger partial charge in [-0.2, -0.15) is 0 Å². The number of hydrogen-bond acceptors (Lipinski definition) is 3. The van der Waals surface area contributed by atoms with E-state index in [9.17, 15) is 4.79 Å². The first-order chi connectivity index (χ1) is 7.11. The molecule has 2 atom stereocenters. The lowest BCUT2D eigenvalue weighted by Crippen LogP contribution is -2.41. The maximum Gasteiger partial charge on any atom is 0.321 e. The molecule has 0 aromatic heterocycles. The van der Waals surface area contributed by atoms with Crippen LogP contribution in [-0.2, 0) is 4.79 Å². The van der Waals surface area contributed by atoms with Crippen molar-refractivity contribution in [3.8, 4) is 0 Å². The Balaban J connectivity index is 2.43. The molecule has 0 fully saturated rings. The minimum absolute atomic E-state index is 0.108. The van der Waals surface area contributed by atoms with Crippen LogP contribution in [0.2, 0.25) is 0 Å². The van der Waals surface area contributed by atoms with Crippen LogP contribution >= 0.6 is 0 Å². The van der Waals surface area contributed by atoms with Gasteiger partial charge in [0.25, 0.3) is 0 Å². The summed E-state index contributed by atoms with van der Waals surface area (Å²) in [7, 11) is 0. The van der Waals surface area contributed by atoms with Crippen molar-refractivity contribution in [2.75, 3.05) is 6.54 Å². The summed E-state index contributed by atoms with van der Waals surface area (Å²) in [5.41, 5.74) is 6.50. The highest BCUT2D eigenvalue weighted by molar-refractivity contribution is 5.73. The van der Waals surface area contributed by atoms with Gasteiger partial charge in [0.1, 0.15) is 6.04 Å². The molecule has 0 amide bonds. The molecular formula is C11H16N2O2. The van der Waals surface area contributed by atoms with Gasteiger partial charge in [0.05, 0.1) is 0 Å². The second-order valence-electron chi connectivity index (χ2n) is 3.49. The monoisotopic (exact) mass is 208 g/mol. The average molecular weight is 208 g/mol. The van der Waals surface area contributed by atoms with Crippen LogP contribution in [-0.4, -0.2) is 23.7 Å². The minimum Gasteiger partial charge on any atom is -0.480 e. The number of carbonyl (C=O) groups is 1. The first kappa shape index (κ1) is 11.7. The SMILES string of the molecule is C[C@H](NC[C@H](N)C(=O)O)c1ccccc1. The molecule has 0 saturated heterocycles. The zero-order valence-electron chi connectivity index (χ0n) is 8.68. The zero-order chi connectivity index (χ0) is 11.3. The largest absolute Gasteiger partial charge is 0.480 e. The van der Waals surface area contributed by atoms with Crippen LogP contribution in [0.4, 0.5) is 0 Å². The molecule has 0 spiro atoms. The van der Waals surface area contributed by atoms with Crippen LogP contribution in [0, 0.1) is 0 Å². The molecule has 15 heavy (non-hydrogen) atoms. The van der Waals surface area contributed by atoms with E-state index in [1.807, 2.05) is 37.3 Å². The molecule has 1 rings (SSSR count). The Morgan fingerprint density at radius 3 is 2.60 bits per heavy atom. The first-order valence-electron chi connectivity index (χ1n) is 4.88.